The molecule has 3 rings (SSSR count). The zero-order valence-electron chi connectivity index (χ0n) is 12.1. The van der Waals surface area contributed by atoms with Crippen molar-refractivity contribution in [2.24, 2.45) is 0 Å². The van der Waals surface area contributed by atoms with E-state index in [-0.39, 0.29) is 0 Å². The molecule has 0 aliphatic carbocycles. The van der Waals surface area contributed by atoms with Crippen molar-refractivity contribution < 1.29 is 13.2 Å². The molecule has 3 aromatic heterocycles. The maximum Gasteiger partial charge on any atom is 0.433 e. The Morgan fingerprint density at radius 1 is 1.17 bits per heavy atom. The third kappa shape index (κ3) is 3.38. The van der Waals surface area contributed by atoms with E-state index in [4.69, 9.17) is 0 Å². The van der Waals surface area contributed by atoms with Crippen LogP contribution in [-0.4, -0.2) is 31.7 Å². The fourth-order valence-corrected chi connectivity index (χ4v) is 2.17. The van der Waals surface area contributed by atoms with E-state index < -0.39 is 11.9 Å². The molecule has 0 saturated heterocycles. The summed E-state index contributed by atoms with van der Waals surface area (Å²) < 4.78 is 37.9. The van der Waals surface area contributed by atoms with Gasteiger partial charge in [0.25, 0.3) is 0 Å². The summed E-state index contributed by atoms with van der Waals surface area (Å²) in [5.74, 6) is 1.16. The van der Waals surface area contributed by atoms with E-state index in [0.717, 1.165) is 11.5 Å². The fraction of sp³-hybridized carbons (Fsp3) is 0.286. The van der Waals surface area contributed by atoms with Crippen molar-refractivity contribution in [3.8, 4) is 0 Å². The second-order valence-electron chi connectivity index (χ2n) is 4.94. The van der Waals surface area contributed by atoms with Gasteiger partial charge in [-0.25, -0.2) is 15.0 Å². The lowest BCUT2D eigenvalue weighted by molar-refractivity contribution is -0.141. The van der Waals surface area contributed by atoms with E-state index in [1.54, 1.807) is 19.2 Å². The molecule has 0 aliphatic rings. The van der Waals surface area contributed by atoms with Crippen LogP contribution in [0, 0.1) is 6.92 Å². The van der Waals surface area contributed by atoms with Crippen LogP contribution < -0.4 is 5.32 Å². The van der Waals surface area contributed by atoms with Gasteiger partial charge in [0, 0.05) is 18.7 Å². The Morgan fingerprint density at radius 3 is 2.78 bits per heavy atom. The van der Waals surface area contributed by atoms with Gasteiger partial charge in [0.1, 0.15) is 17.3 Å². The summed E-state index contributed by atoms with van der Waals surface area (Å²) in [6.07, 6.45) is -2.50. The van der Waals surface area contributed by atoms with Crippen LogP contribution in [0.25, 0.3) is 11.0 Å². The van der Waals surface area contributed by atoms with Gasteiger partial charge in [0.05, 0.1) is 11.6 Å². The van der Waals surface area contributed by atoms with Crippen LogP contribution in [0.5, 0.6) is 0 Å². The van der Waals surface area contributed by atoms with Gasteiger partial charge in [-0.05, 0) is 19.1 Å². The number of aromatic nitrogens is 5. The van der Waals surface area contributed by atoms with Crippen LogP contribution in [0.4, 0.5) is 19.0 Å². The number of H-pyrrole nitrogens is 1. The third-order valence-corrected chi connectivity index (χ3v) is 3.19. The summed E-state index contributed by atoms with van der Waals surface area (Å²) in [6.45, 7) is 2.14. The Morgan fingerprint density at radius 2 is 2.00 bits per heavy atom. The summed E-state index contributed by atoms with van der Waals surface area (Å²) >= 11 is 0. The molecule has 0 atom stereocenters. The first-order valence-corrected chi connectivity index (χ1v) is 6.88. The summed E-state index contributed by atoms with van der Waals surface area (Å²) in [6, 6.07) is 3.88. The number of pyridine rings is 1. The number of anilines is 1. The van der Waals surface area contributed by atoms with Gasteiger partial charge in [0.2, 0.25) is 0 Å². The fourth-order valence-electron chi connectivity index (χ4n) is 2.17. The van der Waals surface area contributed by atoms with Gasteiger partial charge >= 0.3 is 6.18 Å². The first-order chi connectivity index (χ1) is 10.9. The largest absolute Gasteiger partial charge is 0.433 e. The van der Waals surface area contributed by atoms with E-state index in [1.165, 1.54) is 6.07 Å². The van der Waals surface area contributed by atoms with Gasteiger partial charge in [-0.1, -0.05) is 6.07 Å². The molecule has 0 unspecified atom stereocenters. The monoisotopic (exact) mass is 322 g/mol. The minimum atomic E-state index is -4.43. The quantitative estimate of drug-likeness (QED) is 0.772. The maximum atomic E-state index is 12.6. The molecule has 0 fully saturated rings. The van der Waals surface area contributed by atoms with Gasteiger partial charge < -0.3 is 5.32 Å². The van der Waals surface area contributed by atoms with Gasteiger partial charge in [0.15, 0.2) is 5.65 Å². The first-order valence-electron chi connectivity index (χ1n) is 6.88. The molecule has 3 heterocycles. The number of nitrogens with one attached hydrogen (secondary N) is 2. The highest BCUT2D eigenvalue weighted by Crippen LogP contribution is 2.27. The Labute approximate surface area is 129 Å². The molecule has 120 valence electrons. The highest BCUT2D eigenvalue weighted by molar-refractivity contribution is 5.85. The number of alkyl halides is 3. The molecule has 23 heavy (non-hydrogen) atoms. The van der Waals surface area contributed by atoms with Crippen LogP contribution in [0.15, 0.2) is 24.4 Å². The molecule has 6 nitrogen and oxygen atoms in total. The summed E-state index contributed by atoms with van der Waals surface area (Å²) in [5.41, 5.74) is 0.0869. The van der Waals surface area contributed by atoms with Crippen LogP contribution in [0.2, 0.25) is 0 Å². The molecule has 0 bridgehead atoms. The predicted octanol–water partition coefficient (Wildman–Crippen LogP) is 2.73. The third-order valence-electron chi connectivity index (χ3n) is 3.19. The molecule has 3 aromatic rings. The Bertz CT molecular complexity index is 827. The zero-order valence-corrected chi connectivity index (χ0v) is 12.1. The van der Waals surface area contributed by atoms with Crippen molar-refractivity contribution >= 4 is 16.9 Å². The lowest BCUT2D eigenvalue weighted by atomic mass is 10.2. The molecule has 0 saturated carbocycles. The van der Waals surface area contributed by atoms with E-state index in [1.807, 2.05) is 0 Å². The van der Waals surface area contributed by atoms with Crippen molar-refractivity contribution in [1.29, 1.82) is 0 Å². The number of nitrogens with zero attached hydrogens (tertiary/aromatic N) is 4. The molecular formula is C14H13F3N6. The van der Waals surface area contributed by atoms with Crippen LogP contribution >= 0.6 is 0 Å². The Hall–Kier alpha value is -2.71. The normalized spacial score (nSPS) is 11.8. The van der Waals surface area contributed by atoms with Crippen molar-refractivity contribution in [3.05, 3.63) is 41.6 Å². The second kappa shape index (κ2) is 5.82. The van der Waals surface area contributed by atoms with Gasteiger partial charge in [-0.3, -0.25) is 5.10 Å². The van der Waals surface area contributed by atoms with Crippen LogP contribution in [-0.2, 0) is 12.6 Å². The minimum absolute atomic E-state index is 0.340. The predicted molar refractivity (Wildman–Crippen MR) is 77.9 cm³/mol. The summed E-state index contributed by atoms with van der Waals surface area (Å²) in [4.78, 5) is 12.1. The molecule has 0 aliphatic heterocycles. The Kier molecular flexibility index (Phi) is 3.85. The molecule has 0 amide bonds. The number of halogens is 3. The second-order valence-corrected chi connectivity index (χ2v) is 4.94. The standard InChI is InChI=1S/C14H13F3N6/c1-8-20-12(10-7-19-23-13(10)21-8)18-6-5-9-3-2-4-11(22-9)14(15,16)17/h2-4,7H,5-6H2,1H3,(H2,18,19,20,21,23). The van der Waals surface area contributed by atoms with Crippen molar-refractivity contribution in [2.75, 3.05) is 11.9 Å². The molecular weight excluding hydrogens is 309 g/mol. The highest BCUT2D eigenvalue weighted by Gasteiger charge is 2.32. The number of hydrogen-bond acceptors (Lipinski definition) is 5. The summed E-state index contributed by atoms with van der Waals surface area (Å²) in [5, 5.41) is 10.5. The van der Waals surface area contributed by atoms with Crippen LogP contribution in [0.1, 0.15) is 17.2 Å². The molecule has 0 aromatic carbocycles. The van der Waals surface area contributed by atoms with Crippen molar-refractivity contribution in [3.63, 3.8) is 0 Å². The zero-order chi connectivity index (χ0) is 16.4. The lowest BCUT2D eigenvalue weighted by Gasteiger charge is -2.09. The van der Waals surface area contributed by atoms with E-state index in [0.29, 0.717) is 35.9 Å². The van der Waals surface area contributed by atoms with Gasteiger partial charge in [-0.2, -0.15) is 18.3 Å². The SMILES string of the molecule is Cc1nc(NCCc2cccc(C(F)(F)F)n2)c2cn[nH]c2n1. The number of fused-ring (bicyclic) bond motifs is 1. The average Bonchev–Trinajstić information content (AvgIpc) is 2.95. The van der Waals surface area contributed by atoms with Crippen molar-refractivity contribution in [1.82, 2.24) is 25.1 Å². The van der Waals surface area contributed by atoms with E-state index in [2.05, 4.69) is 30.5 Å². The first kappa shape index (κ1) is 15.2. The van der Waals surface area contributed by atoms with Crippen LogP contribution in [0.3, 0.4) is 0 Å². The molecule has 0 radical (unpaired) electrons. The number of rotatable bonds is 4. The number of aromatic amines is 1. The topological polar surface area (TPSA) is 79.4 Å². The molecule has 9 heteroatoms. The smallest absolute Gasteiger partial charge is 0.369 e. The molecule has 0 spiro atoms. The summed E-state index contributed by atoms with van der Waals surface area (Å²) in [7, 11) is 0. The van der Waals surface area contributed by atoms with Crippen molar-refractivity contribution in [2.45, 2.75) is 19.5 Å². The number of aryl methyl sites for hydroxylation is 1. The molecule has 2 N–H and O–H groups in total. The average molecular weight is 322 g/mol. The maximum absolute atomic E-state index is 12.6. The lowest BCUT2D eigenvalue weighted by Crippen LogP contribution is -2.12. The Balaban J connectivity index is 1.71. The van der Waals surface area contributed by atoms with E-state index >= 15 is 0 Å². The van der Waals surface area contributed by atoms with E-state index in [9.17, 15) is 13.2 Å². The minimum Gasteiger partial charge on any atom is -0.369 e. The highest BCUT2D eigenvalue weighted by atomic mass is 19.4. The number of hydrogen-bond donors (Lipinski definition) is 2. The van der Waals surface area contributed by atoms with Gasteiger partial charge in [-0.15, -0.1) is 0 Å².